The molecule has 3 rings (SSSR count). The fourth-order valence-corrected chi connectivity index (χ4v) is 3.44. The quantitative estimate of drug-likeness (QED) is 0.893. The molecule has 8 heteroatoms. The van der Waals surface area contributed by atoms with Crippen molar-refractivity contribution in [1.82, 2.24) is 9.29 Å². The number of fused-ring (bicyclic) bond motifs is 1. The van der Waals surface area contributed by atoms with E-state index in [-0.39, 0.29) is 12.4 Å². The van der Waals surface area contributed by atoms with Crippen LogP contribution in [-0.4, -0.2) is 31.0 Å². The second-order valence-corrected chi connectivity index (χ2v) is 8.37. The first-order valence-electron chi connectivity index (χ1n) is 8.03. The lowest BCUT2D eigenvalue weighted by Crippen LogP contribution is -2.24. The maximum Gasteiger partial charge on any atom is 0.211 e. The molecule has 2 aromatic heterocycles. The number of sulfonamides is 1. The molecule has 2 heterocycles. The van der Waals surface area contributed by atoms with Crippen LogP contribution in [0, 0.1) is 11.3 Å². The molecule has 1 aliphatic carbocycles. The monoisotopic (exact) mass is 360 g/mol. The first-order valence-corrected chi connectivity index (χ1v) is 9.87. The molecule has 2 aromatic rings. The highest BCUT2D eigenvalue weighted by molar-refractivity contribution is 7.88. The maximum atomic E-state index is 11.6. The molecule has 0 fully saturated rings. The summed E-state index contributed by atoms with van der Waals surface area (Å²) in [5, 5.41) is 9.52. The molecule has 0 aromatic carbocycles. The van der Waals surface area contributed by atoms with Crippen molar-refractivity contribution in [3.05, 3.63) is 34.7 Å². The number of aryl methyl sites for hydroxylation is 1. The summed E-state index contributed by atoms with van der Waals surface area (Å²) in [6.07, 6.45) is 4.88. The summed E-state index contributed by atoms with van der Waals surface area (Å²) in [7, 11) is -1.81. The van der Waals surface area contributed by atoms with E-state index in [0.29, 0.717) is 22.6 Å². The Labute approximate surface area is 147 Å². The van der Waals surface area contributed by atoms with E-state index in [1.54, 1.807) is 12.1 Å². The number of nitrogens with zero attached hydrogens (tertiary/aromatic N) is 3. The lowest BCUT2D eigenvalue weighted by atomic mass is 9.89. The van der Waals surface area contributed by atoms with Crippen molar-refractivity contribution >= 4 is 15.8 Å². The number of hydrogen-bond donors (Lipinski definition) is 1. The molecule has 0 radical (unpaired) electrons. The van der Waals surface area contributed by atoms with Crippen LogP contribution in [0.2, 0.25) is 0 Å². The van der Waals surface area contributed by atoms with E-state index in [0.717, 1.165) is 43.2 Å². The zero-order valence-corrected chi connectivity index (χ0v) is 15.1. The number of hydrogen-bond acceptors (Lipinski definition) is 6. The second-order valence-electron chi connectivity index (χ2n) is 6.28. The van der Waals surface area contributed by atoms with Gasteiger partial charge in [-0.05, 0) is 43.4 Å². The minimum Gasteiger partial charge on any atom is -0.460 e. The van der Waals surface area contributed by atoms with Crippen LogP contribution >= 0.6 is 0 Å². The number of furan rings is 1. The van der Waals surface area contributed by atoms with Crippen molar-refractivity contribution in [2.24, 2.45) is 0 Å². The lowest BCUT2D eigenvalue weighted by molar-refractivity contribution is 0.413. The summed E-state index contributed by atoms with van der Waals surface area (Å²) in [5.74, 6) is 1.25. The van der Waals surface area contributed by atoms with Gasteiger partial charge in [0.25, 0.3) is 0 Å². The van der Waals surface area contributed by atoms with Crippen molar-refractivity contribution < 1.29 is 12.8 Å². The van der Waals surface area contributed by atoms with Crippen LogP contribution in [0.1, 0.15) is 35.4 Å². The van der Waals surface area contributed by atoms with Crippen molar-refractivity contribution in [3.63, 3.8) is 0 Å². The first kappa shape index (κ1) is 17.5. The Kier molecular flexibility index (Phi) is 4.54. The highest BCUT2D eigenvalue weighted by Crippen LogP contribution is 2.36. The number of aromatic nitrogens is 1. The molecule has 7 nitrogen and oxygen atoms in total. The highest BCUT2D eigenvalue weighted by atomic mass is 32.2. The fourth-order valence-electron chi connectivity index (χ4n) is 3.08. The van der Waals surface area contributed by atoms with Crippen LogP contribution in [-0.2, 0) is 29.4 Å². The third kappa shape index (κ3) is 3.38. The van der Waals surface area contributed by atoms with Gasteiger partial charge in [-0.2, -0.15) is 9.57 Å². The van der Waals surface area contributed by atoms with E-state index < -0.39 is 10.0 Å². The standard InChI is InChI=1S/C17H20N4O3S/c1-21(25(2,22)23)10-11-7-8-15(24-11)16-12-5-3-4-6-14(12)20-17(19)13(16)9-18/h7-8H,3-6,10H2,1-2H3,(H2,19,20). The molecule has 0 amide bonds. The van der Waals surface area contributed by atoms with Crippen LogP contribution in [0.4, 0.5) is 5.82 Å². The first-order chi connectivity index (χ1) is 11.8. The molecule has 2 N–H and O–H groups in total. The van der Waals surface area contributed by atoms with Crippen LogP contribution in [0.3, 0.4) is 0 Å². The van der Waals surface area contributed by atoms with Crippen LogP contribution in [0.25, 0.3) is 11.3 Å². The van der Waals surface area contributed by atoms with Gasteiger partial charge in [0.1, 0.15) is 29.0 Å². The summed E-state index contributed by atoms with van der Waals surface area (Å²) in [6, 6.07) is 5.62. The summed E-state index contributed by atoms with van der Waals surface area (Å²) >= 11 is 0. The van der Waals surface area contributed by atoms with Crippen molar-refractivity contribution in [3.8, 4) is 17.4 Å². The maximum absolute atomic E-state index is 11.6. The third-order valence-corrected chi connectivity index (χ3v) is 5.73. The normalized spacial score (nSPS) is 14.3. The number of anilines is 1. The molecular weight excluding hydrogens is 340 g/mol. The largest absolute Gasteiger partial charge is 0.460 e. The van der Waals surface area contributed by atoms with Gasteiger partial charge in [0.2, 0.25) is 10.0 Å². The van der Waals surface area contributed by atoms with Crippen LogP contribution in [0.5, 0.6) is 0 Å². The van der Waals surface area contributed by atoms with Gasteiger partial charge >= 0.3 is 0 Å². The molecule has 0 saturated carbocycles. The highest BCUT2D eigenvalue weighted by Gasteiger charge is 2.24. The smallest absolute Gasteiger partial charge is 0.211 e. The summed E-state index contributed by atoms with van der Waals surface area (Å²) < 4.78 is 30.2. The molecule has 0 bridgehead atoms. The van der Waals surface area contributed by atoms with E-state index >= 15 is 0 Å². The zero-order chi connectivity index (χ0) is 18.2. The van der Waals surface area contributed by atoms with E-state index in [4.69, 9.17) is 10.2 Å². The van der Waals surface area contributed by atoms with Crippen molar-refractivity contribution in [1.29, 1.82) is 5.26 Å². The molecule has 0 aliphatic heterocycles. The van der Waals surface area contributed by atoms with Crippen LogP contribution in [0.15, 0.2) is 16.5 Å². The van der Waals surface area contributed by atoms with Gasteiger partial charge in [0.15, 0.2) is 0 Å². The van der Waals surface area contributed by atoms with E-state index in [2.05, 4.69) is 11.1 Å². The minimum atomic E-state index is -3.30. The Morgan fingerprint density at radius 2 is 2.08 bits per heavy atom. The molecule has 0 unspecified atom stereocenters. The Bertz CT molecular complexity index is 957. The Morgan fingerprint density at radius 1 is 1.36 bits per heavy atom. The number of nitrogens with two attached hydrogens (primary N) is 1. The molecule has 1 aliphatic rings. The molecule has 0 atom stereocenters. The average Bonchev–Trinajstić information content (AvgIpc) is 3.00. The topological polar surface area (TPSA) is 113 Å². The van der Waals surface area contributed by atoms with Gasteiger partial charge in [-0.3, -0.25) is 0 Å². The Balaban J connectivity index is 2.06. The zero-order valence-electron chi connectivity index (χ0n) is 14.2. The van der Waals surface area contributed by atoms with E-state index in [9.17, 15) is 13.7 Å². The van der Waals surface area contributed by atoms with Gasteiger partial charge < -0.3 is 10.2 Å². The second kappa shape index (κ2) is 6.50. The summed E-state index contributed by atoms with van der Waals surface area (Å²) in [4.78, 5) is 4.38. The number of nitriles is 1. The molecule has 132 valence electrons. The van der Waals surface area contributed by atoms with Crippen LogP contribution < -0.4 is 5.73 Å². The molecular formula is C17H20N4O3S. The van der Waals surface area contributed by atoms with Crippen molar-refractivity contribution in [2.75, 3.05) is 19.0 Å². The third-order valence-electron chi connectivity index (χ3n) is 4.47. The molecule has 0 saturated heterocycles. The van der Waals surface area contributed by atoms with E-state index in [1.807, 2.05) is 0 Å². The number of rotatable bonds is 4. The van der Waals surface area contributed by atoms with Gasteiger partial charge in [-0.25, -0.2) is 13.4 Å². The summed E-state index contributed by atoms with van der Waals surface area (Å²) in [6.45, 7) is 0.128. The van der Waals surface area contributed by atoms with Gasteiger partial charge in [0, 0.05) is 18.3 Å². The van der Waals surface area contributed by atoms with Crippen molar-refractivity contribution in [2.45, 2.75) is 32.2 Å². The van der Waals surface area contributed by atoms with Gasteiger partial charge in [-0.15, -0.1) is 0 Å². The summed E-state index contributed by atoms with van der Waals surface area (Å²) in [5.41, 5.74) is 8.91. The SMILES string of the molecule is CN(Cc1ccc(-c2c(C#N)c(N)nc3c2CCCC3)o1)S(C)(=O)=O. The van der Waals surface area contributed by atoms with E-state index in [1.165, 1.54) is 11.4 Å². The fraction of sp³-hybridized carbons (Fsp3) is 0.412. The Hall–Kier alpha value is -2.37. The predicted octanol–water partition coefficient (Wildman–Crippen LogP) is 2.07. The average molecular weight is 360 g/mol. The molecule has 25 heavy (non-hydrogen) atoms. The minimum absolute atomic E-state index is 0.128. The Morgan fingerprint density at radius 3 is 2.76 bits per heavy atom. The van der Waals surface area contributed by atoms with Gasteiger partial charge in [-0.1, -0.05) is 0 Å². The van der Waals surface area contributed by atoms with Gasteiger partial charge in [0.05, 0.1) is 12.8 Å². The number of pyridine rings is 1. The predicted molar refractivity (Wildman–Crippen MR) is 94.0 cm³/mol. The lowest BCUT2D eigenvalue weighted by Gasteiger charge is -2.19. The molecule has 0 spiro atoms. The number of nitrogen functional groups attached to an aromatic ring is 1.